The van der Waals surface area contributed by atoms with Crippen LogP contribution in [0.2, 0.25) is 0 Å². The van der Waals surface area contributed by atoms with Crippen LogP contribution in [0.15, 0.2) is 42.5 Å². The van der Waals surface area contributed by atoms with Gasteiger partial charge < -0.3 is 19.5 Å². The van der Waals surface area contributed by atoms with Crippen LogP contribution in [0.25, 0.3) is 0 Å². The highest BCUT2D eigenvalue weighted by molar-refractivity contribution is 5.91. The Kier molecular flexibility index (Phi) is 6.56. The molecule has 2 rings (SSSR count). The maximum absolute atomic E-state index is 12.1. The summed E-state index contributed by atoms with van der Waals surface area (Å²) in [6.45, 7) is -2.85. The minimum atomic E-state index is -2.85. The first-order valence-electron chi connectivity index (χ1n) is 7.57. The van der Waals surface area contributed by atoms with Crippen LogP contribution in [0.4, 0.5) is 14.5 Å². The number of carbonyl (C=O) groups excluding carboxylic acids is 1. The molecule has 5 nitrogen and oxygen atoms in total. The van der Waals surface area contributed by atoms with E-state index in [4.69, 9.17) is 9.47 Å². The molecule has 0 saturated heterocycles. The van der Waals surface area contributed by atoms with Crippen molar-refractivity contribution in [1.29, 1.82) is 0 Å². The zero-order chi connectivity index (χ0) is 18.2. The largest absolute Gasteiger partial charge is 0.493 e. The maximum atomic E-state index is 12.1. The molecular formula is C18H19F2NO4. The van der Waals surface area contributed by atoms with Crippen LogP contribution in [-0.2, 0) is 11.2 Å². The van der Waals surface area contributed by atoms with Crippen LogP contribution >= 0.6 is 0 Å². The van der Waals surface area contributed by atoms with E-state index < -0.39 is 6.61 Å². The Hall–Kier alpha value is -2.83. The molecule has 0 radical (unpaired) electrons. The molecule has 2 aromatic carbocycles. The van der Waals surface area contributed by atoms with E-state index in [2.05, 4.69) is 10.1 Å². The van der Waals surface area contributed by atoms with E-state index in [9.17, 15) is 13.6 Å². The summed E-state index contributed by atoms with van der Waals surface area (Å²) < 4.78 is 38.8. The second kappa shape index (κ2) is 8.86. The Morgan fingerprint density at radius 1 is 1.04 bits per heavy atom. The standard InChI is InChI=1S/C18H19F2NO4/c1-23-15-9-6-13(11-16(15)24-2)21-17(22)10-5-12-3-7-14(8-4-12)25-18(19)20/h3-4,6-9,11,18H,5,10H2,1-2H3,(H,21,22). The lowest BCUT2D eigenvalue weighted by molar-refractivity contribution is -0.116. The van der Waals surface area contributed by atoms with E-state index in [1.807, 2.05) is 0 Å². The minimum Gasteiger partial charge on any atom is -0.493 e. The smallest absolute Gasteiger partial charge is 0.387 e. The zero-order valence-electron chi connectivity index (χ0n) is 13.9. The third-order valence-corrected chi connectivity index (χ3v) is 3.46. The molecule has 2 aromatic rings. The van der Waals surface area contributed by atoms with Gasteiger partial charge in [0.2, 0.25) is 5.91 Å². The molecule has 0 aromatic heterocycles. The fourth-order valence-corrected chi connectivity index (χ4v) is 2.23. The normalized spacial score (nSPS) is 10.4. The lowest BCUT2D eigenvalue weighted by atomic mass is 10.1. The average Bonchev–Trinajstić information content (AvgIpc) is 2.60. The summed E-state index contributed by atoms with van der Waals surface area (Å²) in [5.41, 5.74) is 1.45. The van der Waals surface area contributed by atoms with Crippen molar-refractivity contribution in [3.8, 4) is 17.2 Å². The molecule has 0 spiro atoms. The summed E-state index contributed by atoms with van der Waals surface area (Å²) in [7, 11) is 3.05. The number of ether oxygens (including phenoxy) is 3. The Bertz CT molecular complexity index is 705. The van der Waals surface area contributed by atoms with Crippen LogP contribution in [0.5, 0.6) is 17.2 Å². The van der Waals surface area contributed by atoms with E-state index in [0.717, 1.165) is 5.56 Å². The van der Waals surface area contributed by atoms with Gasteiger partial charge in [0.05, 0.1) is 14.2 Å². The van der Waals surface area contributed by atoms with Crippen molar-refractivity contribution in [2.24, 2.45) is 0 Å². The van der Waals surface area contributed by atoms with Crippen molar-refractivity contribution in [1.82, 2.24) is 0 Å². The van der Waals surface area contributed by atoms with Crippen molar-refractivity contribution in [3.63, 3.8) is 0 Å². The SMILES string of the molecule is COc1ccc(NC(=O)CCc2ccc(OC(F)F)cc2)cc1OC. The summed E-state index contributed by atoms with van der Waals surface area (Å²) in [5, 5.41) is 2.78. The van der Waals surface area contributed by atoms with Gasteiger partial charge in [-0.1, -0.05) is 12.1 Å². The van der Waals surface area contributed by atoms with Gasteiger partial charge in [-0.05, 0) is 36.2 Å². The van der Waals surface area contributed by atoms with Crippen LogP contribution < -0.4 is 19.5 Å². The fourth-order valence-electron chi connectivity index (χ4n) is 2.23. The zero-order valence-corrected chi connectivity index (χ0v) is 13.9. The van der Waals surface area contributed by atoms with Crippen molar-refractivity contribution in [2.45, 2.75) is 19.5 Å². The highest BCUT2D eigenvalue weighted by atomic mass is 19.3. The Morgan fingerprint density at radius 2 is 1.72 bits per heavy atom. The first-order valence-corrected chi connectivity index (χ1v) is 7.57. The van der Waals surface area contributed by atoms with Crippen LogP contribution in [0, 0.1) is 0 Å². The van der Waals surface area contributed by atoms with Gasteiger partial charge in [0.15, 0.2) is 11.5 Å². The highest BCUT2D eigenvalue weighted by Gasteiger charge is 2.08. The molecule has 134 valence electrons. The molecule has 0 fully saturated rings. The van der Waals surface area contributed by atoms with E-state index in [-0.39, 0.29) is 18.1 Å². The third-order valence-electron chi connectivity index (χ3n) is 3.46. The predicted molar refractivity (Wildman–Crippen MR) is 89.6 cm³/mol. The summed E-state index contributed by atoms with van der Waals surface area (Å²) in [5.74, 6) is 1.02. The molecule has 0 aliphatic carbocycles. The van der Waals surface area contributed by atoms with Crippen molar-refractivity contribution >= 4 is 11.6 Å². The number of carbonyl (C=O) groups is 1. The number of hydrogen-bond acceptors (Lipinski definition) is 4. The molecule has 0 heterocycles. The second-order valence-corrected chi connectivity index (χ2v) is 5.14. The van der Waals surface area contributed by atoms with E-state index in [1.54, 1.807) is 30.3 Å². The minimum absolute atomic E-state index is 0.0912. The molecule has 0 aliphatic rings. The molecular weight excluding hydrogens is 332 g/mol. The number of aryl methyl sites for hydroxylation is 1. The van der Waals surface area contributed by atoms with E-state index in [0.29, 0.717) is 23.6 Å². The topological polar surface area (TPSA) is 56.8 Å². The molecule has 7 heteroatoms. The number of alkyl halides is 2. The Labute approximate surface area is 144 Å². The van der Waals surface area contributed by atoms with Gasteiger partial charge in [0.25, 0.3) is 0 Å². The Balaban J connectivity index is 1.88. The van der Waals surface area contributed by atoms with E-state index >= 15 is 0 Å². The second-order valence-electron chi connectivity index (χ2n) is 5.14. The number of nitrogens with one attached hydrogen (secondary N) is 1. The number of anilines is 1. The molecule has 0 saturated carbocycles. The monoisotopic (exact) mass is 351 g/mol. The fraction of sp³-hybridized carbons (Fsp3) is 0.278. The number of amides is 1. The summed E-state index contributed by atoms with van der Waals surface area (Å²) in [4.78, 5) is 12.0. The lowest BCUT2D eigenvalue weighted by Crippen LogP contribution is -2.12. The Morgan fingerprint density at radius 3 is 2.32 bits per heavy atom. The molecule has 0 atom stereocenters. The van der Waals surface area contributed by atoms with Gasteiger partial charge in [-0.2, -0.15) is 8.78 Å². The number of benzene rings is 2. The number of methoxy groups -OCH3 is 2. The van der Waals surface area contributed by atoms with Crippen molar-refractivity contribution < 1.29 is 27.8 Å². The molecule has 0 aliphatic heterocycles. The van der Waals surface area contributed by atoms with E-state index in [1.165, 1.54) is 26.4 Å². The number of rotatable bonds is 8. The van der Waals surface area contributed by atoms with Gasteiger partial charge in [0, 0.05) is 18.2 Å². The van der Waals surface area contributed by atoms with Gasteiger partial charge in [-0.25, -0.2) is 0 Å². The van der Waals surface area contributed by atoms with Gasteiger partial charge in [0.1, 0.15) is 5.75 Å². The lowest BCUT2D eigenvalue weighted by Gasteiger charge is -2.10. The summed E-state index contributed by atoms with van der Waals surface area (Å²) in [6.07, 6.45) is 0.734. The number of hydrogen-bond donors (Lipinski definition) is 1. The quantitative estimate of drug-likeness (QED) is 0.784. The first-order chi connectivity index (χ1) is 12.0. The van der Waals surface area contributed by atoms with Crippen LogP contribution in [0.1, 0.15) is 12.0 Å². The molecule has 1 amide bonds. The molecule has 25 heavy (non-hydrogen) atoms. The third kappa shape index (κ3) is 5.63. The van der Waals surface area contributed by atoms with Crippen LogP contribution in [0.3, 0.4) is 0 Å². The van der Waals surface area contributed by atoms with Gasteiger partial charge in [-0.3, -0.25) is 4.79 Å². The van der Waals surface area contributed by atoms with Gasteiger partial charge in [-0.15, -0.1) is 0 Å². The highest BCUT2D eigenvalue weighted by Crippen LogP contribution is 2.29. The average molecular weight is 351 g/mol. The van der Waals surface area contributed by atoms with Gasteiger partial charge >= 0.3 is 6.61 Å². The first kappa shape index (κ1) is 18.5. The van der Waals surface area contributed by atoms with Crippen LogP contribution in [-0.4, -0.2) is 26.7 Å². The molecule has 0 unspecified atom stereocenters. The maximum Gasteiger partial charge on any atom is 0.387 e. The molecule has 1 N–H and O–H groups in total. The van der Waals surface area contributed by atoms with Crippen molar-refractivity contribution in [3.05, 3.63) is 48.0 Å². The summed E-state index contributed by atoms with van der Waals surface area (Å²) >= 11 is 0. The van der Waals surface area contributed by atoms with Crippen molar-refractivity contribution in [2.75, 3.05) is 19.5 Å². The predicted octanol–water partition coefficient (Wildman–Crippen LogP) is 3.88. The molecule has 0 bridgehead atoms. The summed E-state index contributed by atoms with van der Waals surface area (Å²) in [6, 6.07) is 11.3. The number of halogens is 2.